The van der Waals surface area contributed by atoms with E-state index in [0.29, 0.717) is 6.04 Å². The van der Waals surface area contributed by atoms with Crippen molar-refractivity contribution >= 4 is 11.8 Å². The maximum absolute atomic E-state index is 11.3. The van der Waals surface area contributed by atoms with Gasteiger partial charge >= 0.3 is 5.97 Å². The number of ether oxygens (including phenoxy) is 1. The van der Waals surface area contributed by atoms with E-state index in [1.807, 2.05) is 7.05 Å². The van der Waals surface area contributed by atoms with Gasteiger partial charge in [0.25, 0.3) is 0 Å². The van der Waals surface area contributed by atoms with Gasteiger partial charge < -0.3 is 9.64 Å². The normalized spacial score (nSPS) is 16.3. The third-order valence-corrected chi connectivity index (χ3v) is 3.52. The summed E-state index contributed by atoms with van der Waals surface area (Å²) in [5.74, 6) is 0.365. The van der Waals surface area contributed by atoms with Crippen LogP contribution in [0, 0.1) is 0 Å². The number of carbonyl (C=O) groups excluding carboxylic acids is 1. The molecule has 1 aromatic rings. The highest BCUT2D eigenvalue weighted by atomic mass is 16.5. The minimum absolute atomic E-state index is 0.248. The van der Waals surface area contributed by atoms with Crippen molar-refractivity contribution in [2.24, 2.45) is 0 Å². The molecule has 0 aliphatic heterocycles. The standard InChI is InChI=1S/C13H19N3O2/c1-16(10-6-4-3-5-7-10)12-9-14-11(8-15-12)13(17)18-2/h8-10H,3-7H2,1-2H3. The molecule has 0 N–H and O–H groups in total. The van der Waals surface area contributed by atoms with Gasteiger partial charge in [0.2, 0.25) is 0 Å². The highest BCUT2D eigenvalue weighted by Gasteiger charge is 2.19. The van der Waals surface area contributed by atoms with Crippen LogP contribution >= 0.6 is 0 Å². The van der Waals surface area contributed by atoms with Crippen molar-refractivity contribution < 1.29 is 9.53 Å². The number of methoxy groups -OCH3 is 1. The Labute approximate surface area is 107 Å². The maximum atomic E-state index is 11.3. The quantitative estimate of drug-likeness (QED) is 0.767. The van der Waals surface area contributed by atoms with Crippen molar-refractivity contribution in [1.29, 1.82) is 0 Å². The SMILES string of the molecule is COC(=O)c1cnc(N(C)C2CCCCC2)cn1. The first-order valence-corrected chi connectivity index (χ1v) is 6.35. The van der Waals surface area contributed by atoms with Crippen LogP contribution in [0.25, 0.3) is 0 Å². The van der Waals surface area contributed by atoms with Gasteiger partial charge in [-0.1, -0.05) is 19.3 Å². The van der Waals surface area contributed by atoms with Crippen LogP contribution in [0.15, 0.2) is 12.4 Å². The lowest BCUT2D eigenvalue weighted by atomic mass is 9.94. The van der Waals surface area contributed by atoms with Gasteiger partial charge in [-0.2, -0.15) is 0 Å². The molecule has 0 aromatic carbocycles. The molecule has 0 saturated heterocycles. The van der Waals surface area contributed by atoms with Crippen LogP contribution in [0.4, 0.5) is 5.82 Å². The second-order valence-electron chi connectivity index (χ2n) is 4.65. The lowest BCUT2D eigenvalue weighted by molar-refractivity contribution is 0.0593. The number of hydrogen-bond acceptors (Lipinski definition) is 5. The van der Waals surface area contributed by atoms with Gasteiger partial charge in [0.15, 0.2) is 5.69 Å². The molecule has 1 heterocycles. The molecule has 1 fully saturated rings. The highest BCUT2D eigenvalue weighted by molar-refractivity contribution is 5.86. The average molecular weight is 249 g/mol. The number of hydrogen-bond donors (Lipinski definition) is 0. The maximum Gasteiger partial charge on any atom is 0.358 e. The minimum Gasteiger partial charge on any atom is -0.464 e. The van der Waals surface area contributed by atoms with Gasteiger partial charge in [-0.05, 0) is 12.8 Å². The van der Waals surface area contributed by atoms with Crippen LogP contribution in [-0.2, 0) is 4.74 Å². The molecule has 5 nitrogen and oxygen atoms in total. The van der Waals surface area contributed by atoms with Gasteiger partial charge in [-0.15, -0.1) is 0 Å². The fourth-order valence-corrected chi connectivity index (χ4v) is 2.37. The van der Waals surface area contributed by atoms with Gasteiger partial charge in [0.1, 0.15) is 5.82 Å². The number of aromatic nitrogens is 2. The average Bonchev–Trinajstić information content (AvgIpc) is 2.47. The van der Waals surface area contributed by atoms with E-state index in [4.69, 9.17) is 0 Å². The number of esters is 1. The monoisotopic (exact) mass is 249 g/mol. The molecule has 1 aliphatic rings. The first-order valence-electron chi connectivity index (χ1n) is 6.35. The molecular weight excluding hydrogens is 230 g/mol. The summed E-state index contributed by atoms with van der Waals surface area (Å²) in [5.41, 5.74) is 0.248. The first kappa shape index (κ1) is 12.8. The molecule has 1 saturated carbocycles. The molecule has 0 radical (unpaired) electrons. The molecule has 0 atom stereocenters. The number of anilines is 1. The van der Waals surface area contributed by atoms with Crippen LogP contribution in [0.1, 0.15) is 42.6 Å². The summed E-state index contributed by atoms with van der Waals surface area (Å²) >= 11 is 0. The van der Waals surface area contributed by atoms with Crippen LogP contribution in [0.5, 0.6) is 0 Å². The number of nitrogens with zero attached hydrogens (tertiary/aromatic N) is 3. The molecule has 0 spiro atoms. The van der Waals surface area contributed by atoms with Crippen molar-refractivity contribution in [3.05, 3.63) is 18.1 Å². The summed E-state index contributed by atoms with van der Waals surface area (Å²) in [6.45, 7) is 0. The largest absolute Gasteiger partial charge is 0.464 e. The summed E-state index contributed by atoms with van der Waals surface area (Å²) < 4.78 is 4.60. The van der Waals surface area contributed by atoms with Crippen molar-refractivity contribution in [2.45, 2.75) is 38.1 Å². The first-order chi connectivity index (χ1) is 8.72. The molecule has 1 aromatic heterocycles. The molecule has 5 heteroatoms. The smallest absolute Gasteiger partial charge is 0.358 e. The molecule has 0 amide bonds. The molecule has 0 bridgehead atoms. The van der Waals surface area contributed by atoms with Gasteiger partial charge in [-0.3, -0.25) is 0 Å². The Morgan fingerprint density at radius 1 is 1.28 bits per heavy atom. The fourth-order valence-electron chi connectivity index (χ4n) is 2.37. The van der Waals surface area contributed by atoms with Crippen LogP contribution in [-0.4, -0.2) is 36.1 Å². The van der Waals surface area contributed by atoms with E-state index in [1.165, 1.54) is 45.4 Å². The molecular formula is C13H19N3O2. The third-order valence-electron chi connectivity index (χ3n) is 3.52. The van der Waals surface area contributed by atoms with Crippen LogP contribution in [0.2, 0.25) is 0 Å². The predicted octanol–water partition coefficient (Wildman–Crippen LogP) is 2.03. The Balaban J connectivity index is 2.06. The van der Waals surface area contributed by atoms with Crippen LogP contribution < -0.4 is 4.90 Å². The van der Waals surface area contributed by atoms with E-state index in [-0.39, 0.29) is 5.69 Å². The predicted molar refractivity (Wildman–Crippen MR) is 68.6 cm³/mol. The molecule has 0 unspecified atom stereocenters. The lowest BCUT2D eigenvalue weighted by Crippen LogP contribution is -2.34. The molecule has 2 rings (SSSR count). The zero-order chi connectivity index (χ0) is 13.0. The lowest BCUT2D eigenvalue weighted by Gasteiger charge is -2.31. The summed E-state index contributed by atoms with van der Waals surface area (Å²) in [6, 6.07) is 0.539. The summed E-state index contributed by atoms with van der Waals surface area (Å²) in [6.07, 6.45) is 9.41. The zero-order valence-electron chi connectivity index (χ0n) is 10.9. The van der Waals surface area contributed by atoms with E-state index < -0.39 is 5.97 Å². The highest BCUT2D eigenvalue weighted by Crippen LogP contribution is 2.24. The van der Waals surface area contributed by atoms with Crippen molar-refractivity contribution in [1.82, 2.24) is 9.97 Å². The summed E-state index contributed by atoms with van der Waals surface area (Å²) in [5, 5.41) is 0. The number of rotatable bonds is 3. The summed E-state index contributed by atoms with van der Waals surface area (Å²) in [4.78, 5) is 21.8. The zero-order valence-corrected chi connectivity index (χ0v) is 10.9. The van der Waals surface area contributed by atoms with E-state index in [0.717, 1.165) is 5.82 Å². The van der Waals surface area contributed by atoms with Crippen LogP contribution in [0.3, 0.4) is 0 Å². The van der Waals surface area contributed by atoms with E-state index in [1.54, 1.807) is 6.20 Å². The van der Waals surface area contributed by atoms with Crippen molar-refractivity contribution in [3.63, 3.8) is 0 Å². The van der Waals surface area contributed by atoms with E-state index in [9.17, 15) is 4.79 Å². The topological polar surface area (TPSA) is 55.3 Å². The summed E-state index contributed by atoms with van der Waals surface area (Å²) in [7, 11) is 3.38. The number of carbonyl (C=O) groups is 1. The van der Waals surface area contributed by atoms with E-state index in [2.05, 4.69) is 19.6 Å². The third kappa shape index (κ3) is 2.78. The molecule has 98 valence electrons. The Kier molecular flexibility index (Phi) is 4.12. The molecule has 1 aliphatic carbocycles. The second-order valence-corrected chi connectivity index (χ2v) is 4.65. The Hall–Kier alpha value is -1.65. The Bertz CT molecular complexity index is 399. The van der Waals surface area contributed by atoms with Crippen molar-refractivity contribution in [3.8, 4) is 0 Å². The fraction of sp³-hybridized carbons (Fsp3) is 0.615. The minimum atomic E-state index is -0.450. The van der Waals surface area contributed by atoms with Crippen molar-refractivity contribution in [2.75, 3.05) is 19.1 Å². The van der Waals surface area contributed by atoms with E-state index >= 15 is 0 Å². The van der Waals surface area contributed by atoms with Gasteiger partial charge in [0, 0.05) is 13.1 Å². The molecule has 18 heavy (non-hydrogen) atoms. The Morgan fingerprint density at radius 2 is 2.00 bits per heavy atom. The second kappa shape index (κ2) is 5.80. The van der Waals surface area contributed by atoms with Gasteiger partial charge in [-0.25, -0.2) is 14.8 Å². The van der Waals surface area contributed by atoms with Gasteiger partial charge in [0.05, 0.1) is 19.5 Å². The Morgan fingerprint density at radius 3 is 2.56 bits per heavy atom.